The van der Waals surface area contributed by atoms with E-state index >= 15 is 0 Å². The molecule has 0 aliphatic heterocycles. The lowest BCUT2D eigenvalue weighted by molar-refractivity contribution is 0.392. The van der Waals surface area contributed by atoms with Gasteiger partial charge in [-0.3, -0.25) is 4.98 Å². The maximum Gasteiger partial charge on any atom is 0.216 e. The lowest BCUT2D eigenvalue weighted by Gasteiger charge is -2.09. The molecule has 0 atom stereocenters. The Morgan fingerprint density at radius 1 is 0.900 bits per heavy atom. The highest BCUT2D eigenvalue weighted by Gasteiger charge is 2.07. The van der Waals surface area contributed by atoms with E-state index in [-0.39, 0.29) is 0 Å². The molecule has 4 heteroatoms. The maximum atomic E-state index is 5.35. The van der Waals surface area contributed by atoms with E-state index in [9.17, 15) is 0 Å². The van der Waals surface area contributed by atoms with E-state index in [1.54, 1.807) is 14.2 Å². The van der Waals surface area contributed by atoms with Gasteiger partial charge in [0.25, 0.3) is 0 Å². The Morgan fingerprint density at radius 3 is 2.40 bits per heavy atom. The van der Waals surface area contributed by atoms with Crippen molar-refractivity contribution in [1.82, 2.24) is 9.97 Å². The van der Waals surface area contributed by atoms with Gasteiger partial charge >= 0.3 is 0 Å². The third-order valence-corrected chi connectivity index (χ3v) is 3.21. The molecule has 0 aromatic carbocycles. The first-order valence-electron chi connectivity index (χ1n) is 6.65. The highest BCUT2D eigenvalue weighted by molar-refractivity contribution is 5.31. The quantitative estimate of drug-likeness (QED) is 0.839. The van der Waals surface area contributed by atoms with Crippen molar-refractivity contribution in [3.05, 3.63) is 46.9 Å². The van der Waals surface area contributed by atoms with Gasteiger partial charge in [0.1, 0.15) is 5.75 Å². The van der Waals surface area contributed by atoms with E-state index in [1.165, 1.54) is 0 Å². The standard InChI is InChI=1S/C16H20N2O2/c1-11-5-7-13(18-16(11)20-4)8-9-14-15(19-3)10-6-12(2)17-14/h5-7,10H,8-9H2,1-4H3. The average molecular weight is 272 g/mol. The first-order chi connectivity index (χ1) is 9.63. The second-order valence-electron chi connectivity index (χ2n) is 4.73. The molecule has 0 unspecified atom stereocenters. The maximum absolute atomic E-state index is 5.35. The van der Waals surface area contributed by atoms with Crippen LogP contribution in [0.4, 0.5) is 0 Å². The molecule has 0 aliphatic rings. The number of nitrogens with zero attached hydrogens (tertiary/aromatic N) is 2. The van der Waals surface area contributed by atoms with Crippen molar-refractivity contribution in [3.8, 4) is 11.6 Å². The summed E-state index contributed by atoms with van der Waals surface area (Å²) in [5.41, 5.74) is 4.00. The molecule has 0 radical (unpaired) electrons. The Morgan fingerprint density at radius 2 is 1.70 bits per heavy atom. The smallest absolute Gasteiger partial charge is 0.216 e. The fourth-order valence-electron chi connectivity index (χ4n) is 2.10. The Bertz CT molecular complexity index is 597. The van der Waals surface area contributed by atoms with E-state index in [2.05, 4.69) is 9.97 Å². The van der Waals surface area contributed by atoms with Gasteiger partial charge in [-0.15, -0.1) is 0 Å². The van der Waals surface area contributed by atoms with Crippen LogP contribution in [0.25, 0.3) is 0 Å². The molecular weight excluding hydrogens is 252 g/mol. The van der Waals surface area contributed by atoms with E-state index in [1.807, 2.05) is 38.1 Å². The Kier molecular flexibility index (Phi) is 4.56. The zero-order valence-electron chi connectivity index (χ0n) is 12.4. The predicted molar refractivity (Wildman–Crippen MR) is 78.5 cm³/mol. The minimum atomic E-state index is 0.687. The molecule has 20 heavy (non-hydrogen) atoms. The number of methoxy groups -OCH3 is 2. The molecule has 106 valence electrons. The summed E-state index contributed by atoms with van der Waals surface area (Å²) in [7, 11) is 3.31. The molecule has 2 aromatic heterocycles. The molecule has 0 amide bonds. The minimum absolute atomic E-state index is 0.687. The average Bonchev–Trinajstić information content (AvgIpc) is 2.46. The van der Waals surface area contributed by atoms with Crippen molar-refractivity contribution < 1.29 is 9.47 Å². The van der Waals surface area contributed by atoms with Crippen molar-refractivity contribution in [2.45, 2.75) is 26.7 Å². The lowest BCUT2D eigenvalue weighted by atomic mass is 10.1. The van der Waals surface area contributed by atoms with Gasteiger partial charge in [0, 0.05) is 17.0 Å². The number of pyridine rings is 2. The number of hydrogen-bond acceptors (Lipinski definition) is 4. The topological polar surface area (TPSA) is 44.2 Å². The number of hydrogen-bond donors (Lipinski definition) is 0. The summed E-state index contributed by atoms with van der Waals surface area (Å²) < 4.78 is 10.6. The van der Waals surface area contributed by atoms with Crippen molar-refractivity contribution in [1.29, 1.82) is 0 Å². The predicted octanol–water partition coefficient (Wildman–Crippen LogP) is 2.90. The van der Waals surface area contributed by atoms with Crippen LogP contribution in [0, 0.1) is 13.8 Å². The van der Waals surface area contributed by atoms with Crippen LogP contribution < -0.4 is 9.47 Å². The molecule has 2 aromatic rings. The molecule has 2 rings (SSSR count). The van der Waals surface area contributed by atoms with Crippen LogP contribution >= 0.6 is 0 Å². The van der Waals surface area contributed by atoms with Crippen LogP contribution in [0.1, 0.15) is 22.6 Å². The molecule has 0 saturated carbocycles. The largest absolute Gasteiger partial charge is 0.495 e. The van der Waals surface area contributed by atoms with Gasteiger partial charge in [0.15, 0.2) is 0 Å². The van der Waals surface area contributed by atoms with Crippen LogP contribution in [-0.2, 0) is 12.8 Å². The minimum Gasteiger partial charge on any atom is -0.495 e. The molecule has 4 nitrogen and oxygen atoms in total. The van der Waals surface area contributed by atoms with Crippen LogP contribution in [-0.4, -0.2) is 24.2 Å². The number of aromatic nitrogens is 2. The summed E-state index contributed by atoms with van der Waals surface area (Å²) in [6.45, 7) is 3.97. The normalized spacial score (nSPS) is 10.4. The van der Waals surface area contributed by atoms with Crippen LogP contribution in [0.2, 0.25) is 0 Å². The van der Waals surface area contributed by atoms with Crippen molar-refractivity contribution in [2.75, 3.05) is 14.2 Å². The number of rotatable bonds is 5. The van der Waals surface area contributed by atoms with Gasteiger partial charge in [0.05, 0.1) is 19.9 Å². The zero-order valence-corrected chi connectivity index (χ0v) is 12.4. The third kappa shape index (κ3) is 3.26. The fraction of sp³-hybridized carbons (Fsp3) is 0.375. The van der Waals surface area contributed by atoms with E-state index in [0.717, 1.165) is 41.2 Å². The van der Waals surface area contributed by atoms with Gasteiger partial charge in [0.2, 0.25) is 5.88 Å². The van der Waals surface area contributed by atoms with Crippen LogP contribution in [0.5, 0.6) is 11.6 Å². The zero-order chi connectivity index (χ0) is 14.5. The molecule has 0 aliphatic carbocycles. The van der Waals surface area contributed by atoms with Crippen molar-refractivity contribution in [3.63, 3.8) is 0 Å². The van der Waals surface area contributed by atoms with Crippen molar-refractivity contribution in [2.24, 2.45) is 0 Å². The summed E-state index contributed by atoms with van der Waals surface area (Å²) >= 11 is 0. The molecule has 0 bridgehead atoms. The number of ether oxygens (including phenoxy) is 2. The van der Waals surface area contributed by atoms with Gasteiger partial charge in [-0.2, -0.15) is 0 Å². The van der Waals surface area contributed by atoms with E-state index in [0.29, 0.717) is 5.88 Å². The highest BCUT2D eigenvalue weighted by atomic mass is 16.5. The monoisotopic (exact) mass is 272 g/mol. The molecule has 2 heterocycles. The molecular formula is C16H20N2O2. The fourth-order valence-corrected chi connectivity index (χ4v) is 2.10. The Labute approximate surface area is 119 Å². The second kappa shape index (κ2) is 6.37. The Balaban J connectivity index is 2.14. The lowest BCUT2D eigenvalue weighted by Crippen LogP contribution is -2.02. The highest BCUT2D eigenvalue weighted by Crippen LogP contribution is 2.19. The summed E-state index contributed by atoms with van der Waals surface area (Å²) in [5, 5.41) is 0. The molecule has 0 saturated heterocycles. The van der Waals surface area contributed by atoms with Gasteiger partial charge in [-0.1, -0.05) is 6.07 Å². The molecule has 0 N–H and O–H groups in total. The first-order valence-corrected chi connectivity index (χ1v) is 6.65. The Hall–Kier alpha value is -2.10. The van der Waals surface area contributed by atoms with Gasteiger partial charge in [-0.25, -0.2) is 4.98 Å². The second-order valence-corrected chi connectivity index (χ2v) is 4.73. The van der Waals surface area contributed by atoms with Crippen LogP contribution in [0.15, 0.2) is 24.3 Å². The van der Waals surface area contributed by atoms with Crippen molar-refractivity contribution >= 4 is 0 Å². The summed E-state index contributed by atoms with van der Waals surface area (Å²) in [4.78, 5) is 9.03. The van der Waals surface area contributed by atoms with E-state index < -0.39 is 0 Å². The molecule has 0 spiro atoms. The third-order valence-electron chi connectivity index (χ3n) is 3.21. The van der Waals surface area contributed by atoms with Gasteiger partial charge in [-0.05, 0) is 44.9 Å². The summed E-state index contributed by atoms with van der Waals surface area (Å²) in [5.74, 6) is 1.52. The summed E-state index contributed by atoms with van der Waals surface area (Å²) in [6.07, 6.45) is 1.60. The summed E-state index contributed by atoms with van der Waals surface area (Å²) in [6, 6.07) is 7.97. The SMILES string of the molecule is COc1ccc(C)nc1CCc1ccc(C)c(OC)n1. The van der Waals surface area contributed by atoms with Gasteiger partial charge < -0.3 is 9.47 Å². The first kappa shape index (κ1) is 14.3. The molecule has 0 fully saturated rings. The van der Waals surface area contributed by atoms with Crippen LogP contribution in [0.3, 0.4) is 0 Å². The number of aryl methyl sites for hydroxylation is 4. The van der Waals surface area contributed by atoms with E-state index in [4.69, 9.17) is 9.47 Å².